The number of ether oxygens (including phenoxy) is 1. The second-order valence-electron chi connectivity index (χ2n) is 9.28. The van der Waals surface area contributed by atoms with Gasteiger partial charge in [0.15, 0.2) is 0 Å². The molecule has 2 aromatic carbocycles. The maximum absolute atomic E-state index is 13.6. The van der Waals surface area contributed by atoms with Crippen LogP contribution in [-0.2, 0) is 24.2 Å². The van der Waals surface area contributed by atoms with Gasteiger partial charge >= 0.3 is 0 Å². The van der Waals surface area contributed by atoms with Crippen molar-refractivity contribution in [2.75, 3.05) is 25.1 Å². The Morgan fingerprint density at radius 3 is 2.71 bits per heavy atom. The van der Waals surface area contributed by atoms with Crippen molar-refractivity contribution < 1.29 is 9.13 Å². The first-order chi connectivity index (χ1) is 16.9. The lowest BCUT2D eigenvalue weighted by Crippen LogP contribution is -2.57. The summed E-state index contributed by atoms with van der Waals surface area (Å²) in [6.45, 7) is 3.61. The van der Waals surface area contributed by atoms with E-state index in [1.54, 1.807) is 6.07 Å². The van der Waals surface area contributed by atoms with Gasteiger partial charge in [-0.1, -0.05) is 35.1 Å². The summed E-state index contributed by atoms with van der Waals surface area (Å²) in [4.78, 5) is 2.21. The van der Waals surface area contributed by atoms with Gasteiger partial charge in [0.05, 0.1) is 26.4 Å². The Labute approximate surface area is 213 Å². The van der Waals surface area contributed by atoms with Gasteiger partial charge in [0.1, 0.15) is 11.6 Å². The number of nitrogens with zero attached hydrogens (tertiary/aromatic N) is 3. The molecule has 1 aromatic heterocycles. The average molecular weight is 487 g/mol. The summed E-state index contributed by atoms with van der Waals surface area (Å²) in [6.07, 6.45) is 2.67. The molecule has 35 heavy (non-hydrogen) atoms. The second-order valence-corrected chi connectivity index (χ2v) is 9.69. The highest BCUT2D eigenvalue weighted by atomic mass is 35.5. The van der Waals surface area contributed by atoms with Crippen LogP contribution in [0.3, 0.4) is 0 Å². The first-order valence-electron chi connectivity index (χ1n) is 11.9. The van der Waals surface area contributed by atoms with Crippen molar-refractivity contribution in [3.05, 3.63) is 76.1 Å². The minimum Gasteiger partial charge on any atom is -0.381 e. The van der Waals surface area contributed by atoms with Crippen LogP contribution in [0.5, 0.6) is 0 Å². The van der Waals surface area contributed by atoms with E-state index in [-0.39, 0.29) is 11.7 Å². The van der Waals surface area contributed by atoms with Crippen molar-refractivity contribution in [2.24, 2.45) is 5.92 Å². The molecule has 176 valence electrons. The molecule has 3 heterocycles. The normalized spacial score (nSPS) is 17.2. The number of hydrogen-bond acceptors (Lipinski definition) is 5. The van der Waals surface area contributed by atoms with Crippen LogP contribution in [0.2, 0.25) is 5.02 Å². The van der Waals surface area contributed by atoms with Crippen LogP contribution in [0, 0.1) is 11.7 Å². The molecule has 0 amide bonds. The van der Waals surface area contributed by atoms with Crippen LogP contribution in [-0.4, -0.2) is 55.9 Å². The molecule has 0 unspecified atom stereocenters. The molecule has 2 aliphatic rings. The largest absolute Gasteiger partial charge is 0.381 e. The quantitative estimate of drug-likeness (QED) is 0.526. The zero-order chi connectivity index (χ0) is 24.4. The van der Waals surface area contributed by atoms with Crippen LogP contribution >= 0.6 is 11.6 Å². The van der Waals surface area contributed by atoms with E-state index in [1.165, 1.54) is 34.9 Å². The fourth-order valence-corrected chi connectivity index (χ4v) is 5.27. The zero-order valence-corrected chi connectivity index (χ0v) is 20.3. The number of fused-ring (bicyclic) bond motifs is 1. The van der Waals surface area contributed by atoms with E-state index in [0.717, 1.165) is 45.6 Å². The molecule has 5 nitrogen and oxygen atoms in total. The number of anilines is 1. The molecule has 3 aromatic rings. The smallest absolute Gasteiger partial charge is 0.148 e. The highest BCUT2D eigenvalue weighted by molar-refractivity contribution is 6.40. The van der Waals surface area contributed by atoms with Crippen molar-refractivity contribution in [1.29, 1.82) is 0 Å². The fourth-order valence-electron chi connectivity index (χ4n) is 5.05. The summed E-state index contributed by atoms with van der Waals surface area (Å²) >= 11 is 6.19. The van der Waals surface area contributed by atoms with E-state index in [0.29, 0.717) is 28.6 Å². The molecule has 0 bridgehead atoms. The minimum absolute atomic E-state index is 0.228. The number of hydrogen-bond donors (Lipinski definition) is 1. The monoisotopic (exact) mass is 486 g/mol. The summed E-state index contributed by atoms with van der Waals surface area (Å²) < 4.78 is 19.1. The predicted molar refractivity (Wildman–Crippen MR) is 138 cm³/mol. The van der Waals surface area contributed by atoms with Crippen molar-refractivity contribution in [3.63, 3.8) is 0 Å². The lowest BCUT2D eigenvalue weighted by Gasteiger charge is -2.49. The lowest BCUT2D eigenvalue weighted by atomic mass is 9.52. The molecule has 4 radical (unpaired) electrons. The fraction of sp³-hybridized carbons (Fsp3) is 0.385. The van der Waals surface area contributed by atoms with Crippen LogP contribution in [0.1, 0.15) is 29.5 Å². The number of halogens is 2. The summed E-state index contributed by atoms with van der Waals surface area (Å²) in [7, 11) is 13.3. The van der Waals surface area contributed by atoms with E-state index in [1.807, 2.05) is 6.07 Å². The Balaban J connectivity index is 1.26. The maximum atomic E-state index is 13.6. The Bertz CT molecular complexity index is 1190. The Morgan fingerprint density at radius 1 is 1.11 bits per heavy atom. The first-order valence-corrected chi connectivity index (χ1v) is 12.3. The SMILES string of the molecule is [B]C([B])(C1CCOCC1)N1CCc2c(CNc3ccc(-c4cc(F)ccc4Cl)nn3)cccc2C1. The first kappa shape index (κ1) is 24.3. The molecule has 0 atom stereocenters. The van der Waals surface area contributed by atoms with Gasteiger partial charge in [-0.15, -0.1) is 10.2 Å². The zero-order valence-electron chi connectivity index (χ0n) is 19.5. The van der Waals surface area contributed by atoms with Gasteiger partial charge in [-0.2, -0.15) is 0 Å². The van der Waals surface area contributed by atoms with Gasteiger partial charge in [0.25, 0.3) is 0 Å². The molecule has 1 fully saturated rings. The number of aromatic nitrogens is 2. The van der Waals surface area contributed by atoms with Gasteiger partial charge in [-0.05, 0) is 72.2 Å². The molecular formula is C26H26B2ClFN4O. The van der Waals surface area contributed by atoms with Gasteiger partial charge in [0, 0.05) is 38.4 Å². The molecular weight excluding hydrogens is 460 g/mol. The third-order valence-electron chi connectivity index (χ3n) is 7.11. The Hall–Kier alpha value is -2.41. The maximum Gasteiger partial charge on any atom is 0.148 e. The molecule has 2 aliphatic heterocycles. The lowest BCUT2D eigenvalue weighted by molar-refractivity contribution is 0.0307. The topological polar surface area (TPSA) is 50.3 Å². The third kappa shape index (κ3) is 5.25. The van der Waals surface area contributed by atoms with Crippen molar-refractivity contribution in [2.45, 2.75) is 37.7 Å². The van der Waals surface area contributed by atoms with Gasteiger partial charge in [-0.3, -0.25) is 0 Å². The molecule has 0 spiro atoms. The predicted octanol–water partition coefficient (Wildman–Crippen LogP) is 4.32. The number of rotatable bonds is 6. The summed E-state index contributed by atoms with van der Waals surface area (Å²) in [5.41, 5.74) is 4.84. The highest BCUT2D eigenvalue weighted by Crippen LogP contribution is 2.33. The number of nitrogens with one attached hydrogen (secondary N) is 1. The van der Waals surface area contributed by atoms with E-state index in [2.05, 4.69) is 38.6 Å². The van der Waals surface area contributed by atoms with Crippen LogP contribution < -0.4 is 5.32 Å². The minimum atomic E-state index is -0.836. The van der Waals surface area contributed by atoms with E-state index in [9.17, 15) is 4.39 Å². The molecule has 5 rings (SSSR count). The molecule has 0 saturated carbocycles. The highest BCUT2D eigenvalue weighted by Gasteiger charge is 2.36. The van der Waals surface area contributed by atoms with Crippen LogP contribution in [0.4, 0.5) is 10.2 Å². The molecule has 1 saturated heterocycles. The average Bonchev–Trinajstić information content (AvgIpc) is 2.89. The Kier molecular flexibility index (Phi) is 7.14. The third-order valence-corrected chi connectivity index (χ3v) is 7.44. The van der Waals surface area contributed by atoms with E-state index < -0.39 is 5.34 Å². The van der Waals surface area contributed by atoms with Crippen molar-refractivity contribution in [3.8, 4) is 11.3 Å². The van der Waals surface area contributed by atoms with Crippen molar-refractivity contribution in [1.82, 2.24) is 15.1 Å². The van der Waals surface area contributed by atoms with Crippen LogP contribution in [0.15, 0.2) is 48.5 Å². The summed E-state index contributed by atoms with van der Waals surface area (Å²) in [5, 5.41) is 11.4. The summed E-state index contributed by atoms with van der Waals surface area (Å²) in [6, 6.07) is 14.2. The van der Waals surface area contributed by atoms with Crippen LogP contribution in [0.25, 0.3) is 11.3 Å². The Morgan fingerprint density at radius 2 is 1.94 bits per heavy atom. The summed E-state index contributed by atoms with van der Waals surface area (Å²) in [5.74, 6) is 0.500. The van der Waals surface area contributed by atoms with E-state index >= 15 is 0 Å². The number of benzene rings is 2. The molecule has 0 aliphatic carbocycles. The van der Waals surface area contributed by atoms with Gasteiger partial charge in [0.2, 0.25) is 0 Å². The second kappa shape index (κ2) is 10.3. The molecule has 9 heteroatoms. The van der Waals surface area contributed by atoms with Gasteiger partial charge in [-0.25, -0.2) is 4.39 Å². The standard InChI is InChI=1S/C26H26B2ClFN4O/c27-26(28,19-9-12-35-13-10-19)34-11-8-21-17(2-1-3-18(21)16-34)15-31-25-7-6-24(32-33-25)22-14-20(30)4-5-23(22)29/h1-7,14,19H,8-13,15-16H2,(H,31,33). The van der Waals surface area contributed by atoms with Crippen molar-refractivity contribution >= 4 is 33.1 Å². The molecule has 1 N–H and O–H groups in total. The van der Waals surface area contributed by atoms with E-state index in [4.69, 9.17) is 32.0 Å². The van der Waals surface area contributed by atoms with Gasteiger partial charge < -0.3 is 15.0 Å².